The van der Waals surface area contributed by atoms with E-state index in [1.807, 2.05) is 0 Å². The van der Waals surface area contributed by atoms with E-state index in [2.05, 4.69) is 0 Å². The Labute approximate surface area is 73.3 Å². The SMILES string of the molecule is NCCCO.NCCOCCO. The van der Waals surface area contributed by atoms with E-state index in [0.717, 1.165) is 6.42 Å². The van der Waals surface area contributed by atoms with E-state index < -0.39 is 0 Å². The van der Waals surface area contributed by atoms with Crippen LogP contribution in [0.2, 0.25) is 0 Å². The maximum Gasteiger partial charge on any atom is 0.0698 e. The van der Waals surface area contributed by atoms with Gasteiger partial charge in [-0.05, 0) is 13.0 Å². The number of aliphatic hydroxyl groups excluding tert-OH is 2. The summed E-state index contributed by atoms with van der Waals surface area (Å²) in [6, 6.07) is 0. The van der Waals surface area contributed by atoms with Crippen LogP contribution in [0, 0.1) is 0 Å². The van der Waals surface area contributed by atoms with Crippen LogP contribution in [0.5, 0.6) is 0 Å². The average Bonchev–Trinajstić information content (AvgIpc) is 2.08. The molecule has 0 unspecified atom stereocenters. The third kappa shape index (κ3) is 22.6. The molecule has 76 valence electrons. The van der Waals surface area contributed by atoms with Crippen molar-refractivity contribution in [1.29, 1.82) is 0 Å². The van der Waals surface area contributed by atoms with Crippen LogP contribution in [0.1, 0.15) is 6.42 Å². The van der Waals surface area contributed by atoms with Gasteiger partial charge in [0.1, 0.15) is 0 Å². The molecule has 0 aromatic rings. The summed E-state index contributed by atoms with van der Waals surface area (Å²) in [7, 11) is 0. The van der Waals surface area contributed by atoms with E-state index >= 15 is 0 Å². The molecule has 0 saturated carbocycles. The van der Waals surface area contributed by atoms with Crippen LogP contribution in [-0.2, 0) is 4.74 Å². The van der Waals surface area contributed by atoms with Crippen molar-refractivity contribution in [2.24, 2.45) is 11.5 Å². The molecule has 0 amide bonds. The number of hydrogen-bond donors (Lipinski definition) is 4. The Morgan fingerprint density at radius 1 is 0.917 bits per heavy atom. The summed E-state index contributed by atoms with van der Waals surface area (Å²) in [4.78, 5) is 0. The third-order valence-corrected chi connectivity index (χ3v) is 0.860. The number of rotatable bonds is 6. The predicted molar refractivity (Wildman–Crippen MR) is 47.7 cm³/mol. The third-order valence-electron chi connectivity index (χ3n) is 0.860. The predicted octanol–water partition coefficient (Wildman–Crippen LogP) is -1.72. The van der Waals surface area contributed by atoms with Gasteiger partial charge in [-0.3, -0.25) is 0 Å². The molecule has 5 heteroatoms. The second kappa shape index (κ2) is 17.0. The minimum Gasteiger partial charge on any atom is -0.396 e. The fourth-order valence-electron chi connectivity index (χ4n) is 0.341. The van der Waals surface area contributed by atoms with Gasteiger partial charge in [0.05, 0.1) is 19.8 Å². The van der Waals surface area contributed by atoms with Gasteiger partial charge in [0, 0.05) is 13.2 Å². The molecule has 0 atom stereocenters. The van der Waals surface area contributed by atoms with E-state index in [1.54, 1.807) is 0 Å². The largest absolute Gasteiger partial charge is 0.396 e. The zero-order valence-corrected chi connectivity index (χ0v) is 7.41. The Balaban J connectivity index is 0. The highest BCUT2D eigenvalue weighted by molar-refractivity contribution is 4.29. The van der Waals surface area contributed by atoms with Gasteiger partial charge in [-0.2, -0.15) is 0 Å². The van der Waals surface area contributed by atoms with Gasteiger partial charge < -0.3 is 26.4 Å². The van der Waals surface area contributed by atoms with Crippen LogP contribution in [0.4, 0.5) is 0 Å². The smallest absolute Gasteiger partial charge is 0.0698 e. The topological polar surface area (TPSA) is 102 Å². The minimum atomic E-state index is 0.0833. The van der Waals surface area contributed by atoms with E-state index in [4.69, 9.17) is 26.4 Å². The first-order chi connectivity index (χ1) is 5.83. The van der Waals surface area contributed by atoms with Gasteiger partial charge in [-0.1, -0.05) is 0 Å². The Morgan fingerprint density at radius 2 is 1.58 bits per heavy atom. The molecule has 0 aromatic heterocycles. The fourth-order valence-corrected chi connectivity index (χ4v) is 0.341. The van der Waals surface area contributed by atoms with Crippen molar-refractivity contribution >= 4 is 0 Å². The van der Waals surface area contributed by atoms with E-state index in [0.29, 0.717) is 26.3 Å². The van der Waals surface area contributed by atoms with Gasteiger partial charge in [0.25, 0.3) is 0 Å². The van der Waals surface area contributed by atoms with Crippen molar-refractivity contribution in [2.45, 2.75) is 6.42 Å². The lowest BCUT2D eigenvalue weighted by molar-refractivity contribution is 0.0976. The maximum atomic E-state index is 8.13. The molecule has 0 spiro atoms. The fraction of sp³-hybridized carbons (Fsp3) is 1.00. The lowest BCUT2D eigenvalue weighted by Gasteiger charge is -1.95. The van der Waals surface area contributed by atoms with E-state index in [1.165, 1.54) is 0 Å². The molecule has 0 rings (SSSR count). The summed E-state index contributed by atoms with van der Waals surface area (Å²) in [6.07, 6.45) is 0.722. The molecule has 0 fully saturated rings. The molecule has 6 N–H and O–H groups in total. The molecule has 0 heterocycles. The highest BCUT2D eigenvalue weighted by Crippen LogP contribution is 1.66. The minimum absolute atomic E-state index is 0.0833. The van der Waals surface area contributed by atoms with E-state index in [-0.39, 0.29) is 13.2 Å². The molecular weight excluding hydrogens is 160 g/mol. The molecule has 0 radical (unpaired) electrons. The van der Waals surface area contributed by atoms with Crippen LogP contribution in [0.15, 0.2) is 0 Å². The average molecular weight is 180 g/mol. The molecule has 0 aromatic carbocycles. The number of aliphatic hydroxyl groups is 2. The Bertz CT molecular complexity index is 58.6. The van der Waals surface area contributed by atoms with Crippen molar-refractivity contribution in [3.63, 3.8) is 0 Å². The van der Waals surface area contributed by atoms with Crippen LogP contribution in [-0.4, -0.2) is 49.7 Å². The molecule has 0 aliphatic heterocycles. The lowest BCUT2D eigenvalue weighted by atomic mass is 10.5. The van der Waals surface area contributed by atoms with Gasteiger partial charge in [-0.25, -0.2) is 0 Å². The summed E-state index contributed by atoms with van der Waals surface area (Å²) in [6.45, 7) is 2.37. The van der Waals surface area contributed by atoms with Crippen LogP contribution in [0.3, 0.4) is 0 Å². The second-order valence-corrected chi connectivity index (χ2v) is 1.99. The second-order valence-electron chi connectivity index (χ2n) is 1.99. The maximum absolute atomic E-state index is 8.13. The van der Waals surface area contributed by atoms with Crippen LogP contribution in [0.25, 0.3) is 0 Å². The van der Waals surface area contributed by atoms with Crippen molar-refractivity contribution in [3.8, 4) is 0 Å². The Morgan fingerprint density at radius 3 is 1.83 bits per heavy atom. The molecular formula is C7H20N2O3. The number of ether oxygens (including phenoxy) is 1. The van der Waals surface area contributed by atoms with Crippen LogP contribution < -0.4 is 11.5 Å². The van der Waals surface area contributed by atoms with Crippen molar-refractivity contribution in [2.75, 3.05) is 39.5 Å². The summed E-state index contributed by atoms with van der Waals surface area (Å²) in [5, 5.41) is 16.1. The quantitative estimate of drug-likeness (QED) is 0.364. The zero-order chi connectivity index (χ0) is 9.66. The first-order valence-electron chi connectivity index (χ1n) is 4.03. The first kappa shape index (κ1) is 14.3. The molecule has 0 saturated heterocycles. The standard InChI is InChI=1S/C4H11NO2.C3H9NO/c5-1-3-7-4-2-6;4-2-1-3-5/h6H,1-5H2;5H,1-4H2. The summed E-state index contributed by atoms with van der Waals surface area (Å²) >= 11 is 0. The number of hydrogen-bond acceptors (Lipinski definition) is 5. The van der Waals surface area contributed by atoms with Crippen LogP contribution >= 0.6 is 0 Å². The molecule has 5 nitrogen and oxygen atoms in total. The molecule has 12 heavy (non-hydrogen) atoms. The summed E-state index contributed by atoms with van der Waals surface area (Å²) in [5.74, 6) is 0. The van der Waals surface area contributed by atoms with Gasteiger partial charge in [-0.15, -0.1) is 0 Å². The Hall–Kier alpha value is -0.200. The Kier molecular flexibility index (Phi) is 20.4. The highest BCUT2D eigenvalue weighted by Gasteiger charge is 1.78. The van der Waals surface area contributed by atoms with E-state index in [9.17, 15) is 0 Å². The summed E-state index contributed by atoms with van der Waals surface area (Å²) < 4.78 is 4.76. The van der Waals surface area contributed by atoms with Crippen molar-refractivity contribution in [3.05, 3.63) is 0 Å². The molecule has 0 bridgehead atoms. The van der Waals surface area contributed by atoms with Gasteiger partial charge >= 0.3 is 0 Å². The summed E-state index contributed by atoms with van der Waals surface area (Å²) in [5.41, 5.74) is 10.0. The van der Waals surface area contributed by atoms with Crippen molar-refractivity contribution < 1.29 is 14.9 Å². The zero-order valence-electron chi connectivity index (χ0n) is 7.41. The monoisotopic (exact) mass is 180 g/mol. The lowest BCUT2D eigenvalue weighted by Crippen LogP contribution is -2.10. The van der Waals surface area contributed by atoms with Crippen molar-refractivity contribution in [1.82, 2.24) is 0 Å². The molecule has 0 aliphatic rings. The highest BCUT2D eigenvalue weighted by atomic mass is 16.5. The molecule has 0 aliphatic carbocycles. The van der Waals surface area contributed by atoms with Gasteiger partial charge in [0.15, 0.2) is 0 Å². The number of nitrogens with two attached hydrogens (primary N) is 2. The van der Waals surface area contributed by atoms with Gasteiger partial charge in [0.2, 0.25) is 0 Å². The normalized spacial score (nSPS) is 9.00. The first-order valence-corrected chi connectivity index (χ1v) is 4.03.